The second-order valence-corrected chi connectivity index (χ2v) is 16.2. The normalized spacial score (nSPS) is 22.0. The van der Waals surface area contributed by atoms with Gasteiger partial charge in [-0.2, -0.15) is 0 Å². The van der Waals surface area contributed by atoms with Crippen LogP contribution in [0.1, 0.15) is 73.6 Å². The Bertz CT molecular complexity index is 634. The Balaban J connectivity index is 2.35. The summed E-state index contributed by atoms with van der Waals surface area (Å²) in [6.45, 7) is 18.7. The van der Waals surface area contributed by atoms with E-state index in [-0.39, 0.29) is 23.6 Å². The summed E-state index contributed by atoms with van der Waals surface area (Å²) < 4.78 is 10.7. The molecule has 0 amide bonds. The molecule has 0 aliphatic carbocycles. The molecule has 166 valence electrons. The molecule has 0 N–H and O–H groups in total. The third kappa shape index (κ3) is 9.79. The van der Waals surface area contributed by atoms with Crippen molar-refractivity contribution in [3.05, 3.63) is 23.3 Å². The van der Waals surface area contributed by atoms with Crippen molar-refractivity contribution in [1.82, 2.24) is 0 Å². The zero-order valence-electron chi connectivity index (χ0n) is 20.1. The van der Waals surface area contributed by atoms with Gasteiger partial charge in [0, 0.05) is 6.08 Å². The number of hydrogen-bond acceptors (Lipinski definition) is 4. The molecule has 4 nitrogen and oxygen atoms in total. The van der Waals surface area contributed by atoms with Crippen LogP contribution in [0.3, 0.4) is 0 Å². The standard InChI is InChI=1S/C24H42O4Si/c1-17(12-10-11-13-20-22(23(26)27-20)29(7,8)9)14-18(2)15-19(3)16-21(25)28-24(4,5)6/h15-17,20,22H,10-14H2,1-9H3/b18-15+,19-16+/t17-,20+,22-/m1/s1. The van der Waals surface area contributed by atoms with Crippen molar-refractivity contribution >= 4 is 20.0 Å². The van der Waals surface area contributed by atoms with Crippen LogP contribution in [0.15, 0.2) is 23.3 Å². The molecule has 0 aromatic heterocycles. The van der Waals surface area contributed by atoms with Crippen molar-refractivity contribution in [2.75, 3.05) is 0 Å². The fraction of sp³-hybridized carbons (Fsp3) is 0.750. The minimum Gasteiger partial charge on any atom is -0.462 e. The van der Waals surface area contributed by atoms with Gasteiger partial charge in [0.05, 0.1) is 13.6 Å². The van der Waals surface area contributed by atoms with E-state index >= 15 is 0 Å². The van der Waals surface area contributed by atoms with E-state index in [4.69, 9.17) is 9.47 Å². The Kier molecular flexibility index (Phi) is 9.39. The van der Waals surface area contributed by atoms with E-state index in [2.05, 4.69) is 39.6 Å². The first-order valence-electron chi connectivity index (χ1n) is 11.0. The van der Waals surface area contributed by atoms with Crippen molar-refractivity contribution in [1.29, 1.82) is 0 Å². The van der Waals surface area contributed by atoms with E-state index in [9.17, 15) is 9.59 Å². The summed E-state index contributed by atoms with van der Waals surface area (Å²) in [6, 6.07) is 0. The molecular formula is C24H42O4Si. The van der Waals surface area contributed by atoms with Gasteiger partial charge >= 0.3 is 11.9 Å². The highest BCUT2D eigenvalue weighted by atomic mass is 28.3. The van der Waals surface area contributed by atoms with Crippen LogP contribution in [0.2, 0.25) is 25.2 Å². The molecule has 0 bridgehead atoms. The van der Waals surface area contributed by atoms with Crippen LogP contribution in [-0.4, -0.2) is 31.7 Å². The van der Waals surface area contributed by atoms with Gasteiger partial charge in [-0.05, 0) is 65.4 Å². The number of ether oxygens (including phenoxy) is 2. The molecule has 1 heterocycles. The molecular weight excluding hydrogens is 380 g/mol. The minimum absolute atomic E-state index is 0.0260. The van der Waals surface area contributed by atoms with E-state index in [1.165, 1.54) is 5.57 Å². The van der Waals surface area contributed by atoms with Crippen LogP contribution < -0.4 is 0 Å². The molecule has 1 aliphatic rings. The fourth-order valence-electron chi connectivity index (χ4n) is 4.00. The number of unbranched alkanes of at least 4 members (excludes halogenated alkanes) is 1. The van der Waals surface area contributed by atoms with Gasteiger partial charge in [-0.15, -0.1) is 0 Å². The zero-order chi connectivity index (χ0) is 22.4. The summed E-state index contributed by atoms with van der Waals surface area (Å²) in [4.78, 5) is 23.6. The number of carbonyl (C=O) groups excluding carboxylic acids is 2. The van der Waals surface area contributed by atoms with Crippen molar-refractivity contribution in [3.8, 4) is 0 Å². The van der Waals surface area contributed by atoms with E-state index in [0.29, 0.717) is 5.92 Å². The summed E-state index contributed by atoms with van der Waals surface area (Å²) in [5, 5.41) is 0. The molecule has 0 unspecified atom stereocenters. The number of hydrogen-bond donors (Lipinski definition) is 0. The van der Waals surface area contributed by atoms with E-state index in [1.807, 2.05) is 27.7 Å². The molecule has 1 rings (SSSR count). The van der Waals surface area contributed by atoms with Crippen molar-refractivity contribution < 1.29 is 19.1 Å². The monoisotopic (exact) mass is 422 g/mol. The Morgan fingerprint density at radius 2 is 1.79 bits per heavy atom. The molecule has 1 aliphatic heterocycles. The molecule has 5 heteroatoms. The first kappa shape index (κ1) is 25.7. The summed E-state index contributed by atoms with van der Waals surface area (Å²) in [6.07, 6.45) is 9.26. The molecule has 0 saturated carbocycles. The Morgan fingerprint density at radius 1 is 1.17 bits per heavy atom. The molecule has 0 aromatic rings. The summed E-state index contributed by atoms with van der Waals surface area (Å²) >= 11 is 0. The van der Waals surface area contributed by atoms with Gasteiger partial charge in [-0.25, -0.2) is 4.79 Å². The molecule has 0 spiro atoms. The van der Waals surface area contributed by atoms with Gasteiger partial charge in [0.1, 0.15) is 11.7 Å². The van der Waals surface area contributed by atoms with E-state index < -0.39 is 13.7 Å². The maximum Gasteiger partial charge on any atom is 0.331 e. The van der Waals surface area contributed by atoms with Crippen LogP contribution in [0.5, 0.6) is 0 Å². The largest absolute Gasteiger partial charge is 0.462 e. The van der Waals surface area contributed by atoms with Crippen LogP contribution in [0.4, 0.5) is 0 Å². The first-order chi connectivity index (χ1) is 13.2. The highest BCUT2D eigenvalue weighted by molar-refractivity contribution is 6.81. The third-order valence-electron chi connectivity index (χ3n) is 5.16. The Morgan fingerprint density at radius 3 is 2.31 bits per heavy atom. The van der Waals surface area contributed by atoms with Gasteiger partial charge < -0.3 is 9.47 Å². The minimum atomic E-state index is -1.47. The number of rotatable bonds is 10. The lowest BCUT2D eigenvalue weighted by molar-refractivity contribution is -0.170. The molecule has 29 heavy (non-hydrogen) atoms. The van der Waals surface area contributed by atoms with Gasteiger partial charge in [-0.3, -0.25) is 4.79 Å². The van der Waals surface area contributed by atoms with Crippen LogP contribution in [0.25, 0.3) is 0 Å². The number of allylic oxidation sites excluding steroid dienone is 3. The van der Waals surface area contributed by atoms with E-state index in [0.717, 1.165) is 37.7 Å². The highest BCUT2D eigenvalue weighted by Gasteiger charge is 2.49. The SMILES string of the molecule is CC(=C\C(=O)OC(C)(C)C)/C=C(\C)C[C@H](C)CCCC[C@@H]1OC(=O)[C@@H]1[Si](C)(C)C. The van der Waals surface area contributed by atoms with Crippen LogP contribution >= 0.6 is 0 Å². The van der Waals surface area contributed by atoms with Gasteiger partial charge in [-0.1, -0.05) is 51.1 Å². The maximum absolute atomic E-state index is 11.9. The predicted molar refractivity (Wildman–Crippen MR) is 123 cm³/mol. The smallest absolute Gasteiger partial charge is 0.331 e. The predicted octanol–water partition coefficient (Wildman–Crippen LogP) is 6.44. The second-order valence-electron chi connectivity index (χ2n) is 10.8. The van der Waals surface area contributed by atoms with Crippen LogP contribution in [-0.2, 0) is 19.1 Å². The average molecular weight is 423 g/mol. The highest BCUT2D eigenvalue weighted by Crippen LogP contribution is 2.39. The second kappa shape index (κ2) is 10.6. The van der Waals surface area contributed by atoms with Crippen molar-refractivity contribution in [2.45, 2.75) is 111 Å². The van der Waals surface area contributed by atoms with Gasteiger partial charge in [0.25, 0.3) is 0 Å². The third-order valence-corrected chi connectivity index (χ3v) is 7.63. The quantitative estimate of drug-likeness (QED) is 0.134. The van der Waals surface area contributed by atoms with Crippen LogP contribution in [0, 0.1) is 5.92 Å². The summed E-state index contributed by atoms with van der Waals surface area (Å²) in [5.41, 5.74) is 1.92. The lowest BCUT2D eigenvalue weighted by atomic mass is 9.94. The number of cyclic esters (lactones) is 1. The average Bonchev–Trinajstić information content (AvgIpc) is 2.45. The van der Waals surface area contributed by atoms with E-state index in [1.54, 1.807) is 6.08 Å². The van der Waals surface area contributed by atoms with Crippen molar-refractivity contribution in [2.24, 2.45) is 5.92 Å². The topological polar surface area (TPSA) is 52.6 Å². The lowest BCUT2D eigenvalue weighted by Gasteiger charge is -2.42. The fourth-order valence-corrected chi connectivity index (χ4v) is 6.13. The van der Waals surface area contributed by atoms with Crippen molar-refractivity contribution in [3.63, 3.8) is 0 Å². The number of carbonyl (C=O) groups is 2. The Hall–Kier alpha value is -1.36. The number of esters is 2. The van der Waals surface area contributed by atoms with Gasteiger partial charge in [0.2, 0.25) is 0 Å². The Labute approximate surface area is 179 Å². The molecule has 0 aromatic carbocycles. The zero-order valence-corrected chi connectivity index (χ0v) is 21.1. The molecule has 1 saturated heterocycles. The van der Waals surface area contributed by atoms with Gasteiger partial charge in [0.15, 0.2) is 0 Å². The molecule has 1 fully saturated rings. The lowest BCUT2D eigenvalue weighted by Crippen LogP contribution is -2.52. The summed E-state index contributed by atoms with van der Waals surface area (Å²) in [7, 11) is -1.47. The molecule has 3 atom stereocenters. The first-order valence-corrected chi connectivity index (χ1v) is 14.6. The molecule has 0 radical (unpaired) electrons. The maximum atomic E-state index is 11.9. The summed E-state index contributed by atoms with van der Waals surface area (Å²) in [5.74, 6) is 0.329.